The lowest BCUT2D eigenvalue weighted by molar-refractivity contribution is -0.286. The van der Waals surface area contributed by atoms with Crippen LogP contribution in [0.2, 0.25) is 5.02 Å². The van der Waals surface area contributed by atoms with E-state index in [1.54, 1.807) is 0 Å². The fraction of sp³-hybridized carbons (Fsp3) is 0.143. The van der Waals surface area contributed by atoms with Crippen LogP contribution in [-0.4, -0.2) is 6.29 Å². The van der Waals surface area contributed by atoms with Crippen molar-refractivity contribution < 1.29 is 18.3 Å². The zero-order valence-electron chi connectivity index (χ0n) is 5.98. The fourth-order valence-corrected chi connectivity index (χ4v) is 1.84. The Morgan fingerprint density at radius 3 is 2.69 bits per heavy atom. The molecule has 70 valence electrons. The number of fused-ring (bicyclic) bond motifs is 1. The Balaban J connectivity index is 2.52. The van der Waals surface area contributed by atoms with E-state index in [0.717, 1.165) is 0 Å². The van der Waals surface area contributed by atoms with Gasteiger partial charge in [-0.1, -0.05) is 11.6 Å². The highest BCUT2D eigenvalue weighted by Gasteiger charge is 2.44. The largest absolute Gasteiger partial charge is 0.586 e. The predicted molar refractivity (Wildman–Crippen MR) is 45.4 cm³/mol. The first-order chi connectivity index (χ1) is 5.98. The van der Waals surface area contributed by atoms with Crippen molar-refractivity contribution in [3.63, 3.8) is 0 Å². The van der Waals surface area contributed by atoms with Crippen LogP contribution in [0.3, 0.4) is 0 Å². The summed E-state index contributed by atoms with van der Waals surface area (Å²) in [6.45, 7) is 0. The molecule has 0 amide bonds. The van der Waals surface area contributed by atoms with Gasteiger partial charge in [0.05, 0.1) is 4.47 Å². The zero-order valence-corrected chi connectivity index (χ0v) is 8.32. The lowest BCUT2D eigenvalue weighted by Gasteiger charge is -2.04. The minimum Gasteiger partial charge on any atom is -0.395 e. The summed E-state index contributed by atoms with van der Waals surface area (Å²) >= 11 is 8.64. The third-order valence-corrected chi connectivity index (χ3v) is 2.23. The smallest absolute Gasteiger partial charge is 0.395 e. The molecule has 13 heavy (non-hydrogen) atoms. The number of halogens is 4. The first-order valence-corrected chi connectivity index (χ1v) is 4.40. The quantitative estimate of drug-likeness (QED) is 0.720. The van der Waals surface area contributed by atoms with Crippen LogP contribution >= 0.6 is 27.5 Å². The Bertz CT molecular complexity index is 370. The second kappa shape index (κ2) is 2.72. The van der Waals surface area contributed by atoms with Gasteiger partial charge in [-0.2, -0.15) is 0 Å². The molecule has 0 bridgehead atoms. The number of hydrogen-bond donors (Lipinski definition) is 0. The van der Waals surface area contributed by atoms with Crippen LogP contribution in [0.15, 0.2) is 16.6 Å². The Kier molecular flexibility index (Phi) is 1.89. The standard InChI is InChI=1S/C7H2BrClF2O2/c8-4-1-3(9)2-5-6(4)13-7(10,11)12-5/h1-2H. The molecule has 0 saturated heterocycles. The van der Waals surface area contributed by atoms with Crippen molar-refractivity contribution in [2.45, 2.75) is 6.29 Å². The molecule has 0 atom stereocenters. The van der Waals surface area contributed by atoms with Crippen molar-refractivity contribution in [1.82, 2.24) is 0 Å². The molecule has 1 aliphatic heterocycles. The number of ether oxygens (including phenoxy) is 2. The molecule has 1 aliphatic rings. The van der Waals surface area contributed by atoms with Crippen molar-refractivity contribution in [3.05, 3.63) is 21.6 Å². The molecule has 0 aromatic heterocycles. The van der Waals surface area contributed by atoms with E-state index in [1.807, 2.05) is 0 Å². The summed E-state index contributed by atoms with van der Waals surface area (Å²) in [6.07, 6.45) is -3.60. The molecule has 1 aromatic rings. The molecule has 6 heteroatoms. The molecule has 1 aromatic carbocycles. The number of rotatable bonds is 0. The SMILES string of the molecule is FC1(F)Oc2cc(Cl)cc(Br)c2O1. The van der Waals surface area contributed by atoms with Crippen LogP contribution in [-0.2, 0) is 0 Å². The summed E-state index contributed by atoms with van der Waals surface area (Å²) in [4.78, 5) is 0. The van der Waals surface area contributed by atoms with E-state index >= 15 is 0 Å². The predicted octanol–water partition coefficient (Wildman–Crippen LogP) is 3.42. The van der Waals surface area contributed by atoms with Gasteiger partial charge >= 0.3 is 6.29 Å². The van der Waals surface area contributed by atoms with Crippen LogP contribution in [0.4, 0.5) is 8.78 Å². The van der Waals surface area contributed by atoms with E-state index in [2.05, 4.69) is 25.4 Å². The molecule has 0 N–H and O–H groups in total. The van der Waals surface area contributed by atoms with Crippen molar-refractivity contribution in [2.24, 2.45) is 0 Å². The number of hydrogen-bond acceptors (Lipinski definition) is 2. The van der Waals surface area contributed by atoms with E-state index in [-0.39, 0.29) is 11.5 Å². The van der Waals surface area contributed by atoms with Crippen LogP contribution in [0, 0.1) is 0 Å². The fourth-order valence-electron chi connectivity index (χ4n) is 0.979. The Morgan fingerprint density at radius 2 is 2.00 bits per heavy atom. The highest BCUT2D eigenvalue weighted by molar-refractivity contribution is 9.10. The van der Waals surface area contributed by atoms with Gasteiger partial charge in [-0.3, -0.25) is 0 Å². The Hall–Kier alpha value is -0.550. The van der Waals surface area contributed by atoms with Crippen LogP contribution in [0.5, 0.6) is 11.5 Å². The summed E-state index contributed by atoms with van der Waals surface area (Å²) in [5.74, 6) is -0.0984. The first kappa shape index (κ1) is 9.02. The summed E-state index contributed by atoms with van der Waals surface area (Å²) in [7, 11) is 0. The average molecular weight is 271 g/mol. The van der Waals surface area contributed by atoms with Crippen molar-refractivity contribution >= 4 is 27.5 Å². The summed E-state index contributed by atoms with van der Waals surface area (Å²) in [5.41, 5.74) is 0. The van der Waals surface area contributed by atoms with Crippen molar-refractivity contribution in [1.29, 1.82) is 0 Å². The second-order valence-electron chi connectivity index (χ2n) is 2.38. The Labute approximate surface area is 85.5 Å². The highest BCUT2D eigenvalue weighted by atomic mass is 79.9. The molecular formula is C7H2BrClF2O2. The van der Waals surface area contributed by atoms with Gasteiger partial charge in [-0.15, -0.1) is 8.78 Å². The van der Waals surface area contributed by atoms with Crippen molar-refractivity contribution in [2.75, 3.05) is 0 Å². The zero-order chi connectivity index (χ0) is 9.64. The summed E-state index contributed by atoms with van der Waals surface area (Å²) in [5, 5.41) is 0.298. The average Bonchev–Trinajstić information content (AvgIpc) is 2.23. The van der Waals surface area contributed by atoms with Gasteiger partial charge < -0.3 is 9.47 Å². The first-order valence-electron chi connectivity index (χ1n) is 3.23. The molecule has 0 aliphatic carbocycles. The maximum Gasteiger partial charge on any atom is 0.586 e. The van der Waals surface area contributed by atoms with E-state index in [0.29, 0.717) is 9.50 Å². The van der Waals surface area contributed by atoms with E-state index in [9.17, 15) is 8.78 Å². The van der Waals surface area contributed by atoms with E-state index in [1.165, 1.54) is 12.1 Å². The molecule has 1 heterocycles. The van der Waals surface area contributed by atoms with Gasteiger partial charge in [-0.05, 0) is 22.0 Å². The van der Waals surface area contributed by atoms with Gasteiger partial charge in [0.2, 0.25) is 0 Å². The third kappa shape index (κ3) is 1.58. The minimum absolute atomic E-state index is 0.0330. The van der Waals surface area contributed by atoms with Gasteiger partial charge in [-0.25, -0.2) is 0 Å². The van der Waals surface area contributed by atoms with Crippen LogP contribution in [0.1, 0.15) is 0 Å². The lowest BCUT2D eigenvalue weighted by Crippen LogP contribution is -2.26. The van der Waals surface area contributed by atoms with Gasteiger partial charge in [0.1, 0.15) is 0 Å². The normalized spacial score (nSPS) is 17.5. The molecule has 2 nitrogen and oxygen atoms in total. The minimum atomic E-state index is -3.60. The molecular weight excluding hydrogens is 269 g/mol. The molecule has 0 spiro atoms. The van der Waals surface area contributed by atoms with E-state index in [4.69, 9.17) is 11.6 Å². The maximum atomic E-state index is 12.5. The van der Waals surface area contributed by atoms with Gasteiger partial charge in [0, 0.05) is 11.1 Å². The van der Waals surface area contributed by atoms with Crippen LogP contribution in [0.25, 0.3) is 0 Å². The third-order valence-electron chi connectivity index (χ3n) is 1.42. The molecule has 2 rings (SSSR count). The topological polar surface area (TPSA) is 18.5 Å². The lowest BCUT2D eigenvalue weighted by atomic mass is 10.3. The maximum absolute atomic E-state index is 12.5. The second-order valence-corrected chi connectivity index (χ2v) is 3.67. The monoisotopic (exact) mass is 270 g/mol. The molecule has 0 fully saturated rings. The number of alkyl halides is 2. The van der Waals surface area contributed by atoms with Gasteiger partial charge in [0.15, 0.2) is 11.5 Å². The Morgan fingerprint density at radius 1 is 1.31 bits per heavy atom. The molecule has 0 unspecified atom stereocenters. The van der Waals surface area contributed by atoms with Gasteiger partial charge in [0.25, 0.3) is 0 Å². The molecule has 0 saturated carbocycles. The summed E-state index contributed by atoms with van der Waals surface area (Å²) < 4.78 is 33.8. The van der Waals surface area contributed by atoms with E-state index < -0.39 is 6.29 Å². The molecule has 0 radical (unpaired) electrons. The van der Waals surface area contributed by atoms with Crippen molar-refractivity contribution in [3.8, 4) is 11.5 Å². The number of benzene rings is 1. The van der Waals surface area contributed by atoms with Crippen LogP contribution < -0.4 is 9.47 Å². The highest BCUT2D eigenvalue weighted by Crippen LogP contribution is 2.46. The summed E-state index contributed by atoms with van der Waals surface area (Å²) in [6, 6.07) is 2.72.